The third-order valence-corrected chi connectivity index (χ3v) is 5.12. The van der Waals surface area contributed by atoms with E-state index in [1.807, 2.05) is 24.3 Å². The molecule has 2 unspecified atom stereocenters. The Morgan fingerprint density at radius 1 is 1.47 bits per heavy atom. The number of hydrogen-bond donors (Lipinski definition) is 1. The van der Waals surface area contributed by atoms with Gasteiger partial charge in [-0.1, -0.05) is 23.5 Å². The van der Waals surface area contributed by atoms with Crippen LogP contribution in [0.25, 0.3) is 10.2 Å². The summed E-state index contributed by atoms with van der Waals surface area (Å²) in [4.78, 5) is 16.6. The average Bonchev–Trinajstić information content (AvgIpc) is 2.73. The van der Waals surface area contributed by atoms with Crippen molar-refractivity contribution in [3.8, 4) is 0 Å². The number of carbonyl (C=O) groups is 1. The van der Waals surface area contributed by atoms with Crippen molar-refractivity contribution in [2.24, 2.45) is 11.3 Å². The van der Waals surface area contributed by atoms with Gasteiger partial charge in [-0.25, -0.2) is 4.98 Å². The Bertz CT molecular complexity index is 613. The minimum Gasteiger partial charge on any atom is -0.381 e. The van der Waals surface area contributed by atoms with Crippen LogP contribution in [0.5, 0.6) is 0 Å². The van der Waals surface area contributed by atoms with E-state index in [9.17, 15) is 4.79 Å². The lowest BCUT2D eigenvalue weighted by Gasteiger charge is -2.05. The van der Waals surface area contributed by atoms with Crippen molar-refractivity contribution in [2.45, 2.75) is 12.8 Å². The lowest BCUT2D eigenvalue weighted by Crippen LogP contribution is -2.18. The summed E-state index contributed by atoms with van der Waals surface area (Å²) in [5.41, 5.74) is 1.08. The van der Waals surface area contributed by atoms with Gasteiger partial charge in [0, 0.05) is 17.9 Å². The highest BCUT2D eigenvalue weighted by Crippen LogP contribution is 2.58. The smallest absolute Gasteiger partial charge is 0.229 e. The summed E-state index contributed by atoms with van der Waals surface area (Å²) in [6, 6.07) is 7.92. The number of nitrogens with zero attached hydrogens (tertiary/aromatic N) is 1. The fourth-order valence-electron chi connectivity index (χ4n) is 2.90. The van der Waals surface area contributed by atoms with Crippen molar-refractivity contribution < 1.29 is 9.53 Å². The van der Waals surface area contributed by atoms with E-state index in [2.05, 4.69) is 10.3 Å². The van der Waals surface area contributed by atoms with E-state index in [4.69, 9.17) is 4.74 Å². The molecule has 2 atom stereocenters. The van der Waals surface area contributed by atoms with Crippen LogP contribution in [0.3, 0.4) is 0 Å². The number of hydrogen-bond acceptors (Lipinski definition) is 4. The van der Waals surface area contributed by atoms with E-state index >= 15 is 0 Å². The number of aromatic nitrogens is 1. The van der Waals surface area contributed by atoms with Gasteiger partial charge in [0.2, 0.25) is 5.91 Å². The molecular weight excluding hydrogens is 260 g/mol. The minimum absolute atomic E-state index is 0.101. The molecule has 1 aromatic heterocycles. The molecule has 1 saturated carbocycles. The van der Waals surface area contributed by atoms with Crippen LogP contribution in [0.2, 0.25) is 0 Å². The Kier molecular flexibility index (Phi) is 2.40. The Hall–Kier alpha value is -1.46. The van der Waals surface area contributed by atoms with Crippen LogP contribution in [0.1, 0.15) is 12.8 Å². The van der Waals surface area contributed by atoms with Crippen molar-refractivity contribution in [3.05, 3.63) is 24.3 Å². The highest BCUT2D eigenvalue weighted by Gasteiger charge is 2.59. The summed E-state index contributed by atoms with van der Waals surface area (Å²) < 4.78 is 6.51. The number of amides is 1. The van der Waals surface area contributed by atoms with Crippen molar-refractivity contribution >= 4 is 32.6 Å². The molecule has 4 nitrogen and oxygen atoms in total. The molecule has 1 spiro atoms. The van der Waals surface area contributed by atoms with Crippen molar-refractivity contribution in [1.29, 1.82) is 0 Å². The van der Waals surface area contributed by atoms with Crippen LogP contribution >= 0.6 is 11.3 Å². The van der Waals surface area contributed by atoms with Crippen LogP contribution < -0.4 is 5.32 Å². The van der Waals surface area contributed by atoms with Crippen molar-refractivity contribution in [1.82, 2.24) is 4.98 Å². The van der Waals surface area contributed by atoms with E-state index in [1.165, 1.54) is 11.3 Å². The molecule has 2 aromatic rings. The number of para-hydroxylation sites is 1. The Morgan fingerprint density at radius 2 is 2.37 bits per heavy atom. The summed E-state index contributed by atoms with van der Waals surface area (Å²) >= 11 is 1.53. The molecule has 1 aliphatic carbocycles. The van der Waals surface area contributed by atoms with Gasteiger partial charge in [0.25, 0.3) is 0 Å². The average molecular weight is 274 g/mol. The molecule has 1 amide bonds. The number of rotatable bonds is 2. The predicted octanol–water partition coefficient (Wildman–Crippen LogP) is 2.66. The second-order valence-corrected chi connectivity index (χ2v) is 6.43. The number of nitrogens with one attached hydrogen (secondary N) is 1. The van der Waals surface area contributed by atoms with Crippen LogP contribution in [0.15, 0.2) is 24.3 Å². The van der Waals surface area contributed by atoms with Gasteiger partial charge >= 0.3 is 0 Å². The summed E-state index contributed by atoms with van der Waals surface area (Å²) in [5, 5.41) is 3.66. The topological polar surface area (TPSA) is 51.2 Å². The van der Waals surface area contributed by atoms with E-state index < -0.39 is 0 Å². The molecule has 0 radical (unpaired) electrons. The zero-order valence-electron chi connectivity index (χ0n) is 10.4. The Balaban J connectivity index is 1.51. The number of ether oxygens (including phenoxy) is 1. The largest absolute Gasteiger partial charge is 0.381 e. The van der Waals surface area contributed by atoms with Crippen LogP contribution in [-0.2, 0) is 9.53 Å². The minimum atomic E-state index is 0.101. The van der Waals surface area contributed by atoms with Gasteiger partial charge in [0.05, 0.1) is 16.8 Å². The van der Waals surface area contributed by atoms with Gasteiger partial charge in [0.1, 0.15) is 0 Å². The lowest BCUT2D eigenvalue weighted by atomic mass is 10.0. The second-order valence-electron chi connectivity index (χ2n) is 5.40. The first-order chi connectivity index (χ1) is 9.27. The molecule has 1 aliphatic heterocycles. The molecule has 1 N–H and O–H groups in total. The van der Waals surface area contributed by atoms with Crippen LogP contribution in [0, 0.1) is 11.3 Å². The molecule has 1 aromatic carbocycles. The van der Waals surface area contributed by atoms with Crippen LogP contribution in [-0.4, -0.2) is 24.1 Å². The first-order valence-electron chi connectivity index (χ1n) is 6.51. The molecule has 2 aliphatic rings. The van der Waals surface area contributed by atoms with Crippen molar-refractivity contribution in [2.75, 3.05) is 18.5 Å². The third-order valence-electron chi connectivity index (χ3n) is 4.16. The Morgan fingerprint density at radius 3 is 3.16 bits per heavy atom. The highest BCUT2D eigenvalue weighted by atomic mass is 32.1. The van der Waals surface area contributed by atoms with E-state index in [0.29, 0.717) is 5.13 Å². The maximum atomic E-state index is 12.2. The number of fused-ring (bicyclic) bond motifs is 1. The van der Waals surface area contributed by atoms with Gasteiger partial charge in [-0.05, 0) is 25.0 Å². The summed E-state index contributed by atoms with van der Waals surface area (Å²) in [7, 11) is 0. The van der Waals surface area contributed by atoms with Gasteiger partial charge in [-0.3, -0.25) is 4.79 Å². The first kappa shape index (κ1) is 11.4. The maximum absolute atomic E-state index is 12.2. The monoisotopic (exact) mass is 274 g/mol. The normalized spacial score (nSPS) is 28.9. The van der Waals surface area contributed by atoms with Gasteiger partial charge in [-0.15, -0.1) is 0 Å². The molecule has 2 fully saturated rings. The number of anilines is 1. The van der Waals surface area contributed by atoms with Crippen molar-refractivity contribution in [3.63, 3.8) is 0 Å². The van der Waals surface area contributed by atoms with Gasteiger partial charge < -0.3 is 10.1 Å². The second kappa shape index (κ2) is 4.02. The Labute approximate surface area is 114 Å². The van der Waals surface area contributed by atoms with Gasteiger partial charge in [-0.2, -0.15) is 0 Å². The molecule has 1 saturated heterocycles. The zero-order chi connectivity index (χ0) is 12.9. The fourth-order valence-corrected chi connectivity index (χ4v) is 3.76. The van der Waals surface area contributed by atoms with E-state index in [0.717, 1.165) is 36.3 Å². The van der Waals surface area contributed by atoms with E-state index in [1.54, 1.807) is 0 Å². The molecular formula is C14H14N2O2S. The maximum Gasteiger partial charge on any atom is 0.229 e. The molecule has 2 heterocycles. The van der Waals surface area contributed by atoms with Crippen LogP contribution in [0.4, 0.5) is 5.13 Å². The molecule has 19 heavy (non-hydrogen) atoms. The number of thiazole rings is 1. The SMILES string of the molecule is O=C(Nc1nc2ccccc2s1)C1CC12CCOC2. The third kappa shape index (κ3) is 1.84. The fraction of sp³-hybridized carbons (Fsp3) is 0.429. The quantitative estimate of drug-likeness (QED) is 0.916. The summed E-state index contributed by atoms with van der Waals surface area (Å²) in [5.74, 6) is 0.214. The van der Waals surface area contributed by atoms with E-state index in [-0.39, 0.29) is 17.2 Å². The van der Waals surface area contributed by atoms with Gasteiger partial charge in [0.15, 0.2) is 5.13 Å². The molecule has 4 rings (SSSR count). The molecule has 0 bridgehead atoms. The zero-order valence-corrected chi connectivity index (χ0v) is 11.2. The lowest BCUT2D eigenvalue weighted by molar-refractivity contribution is -0.118. The molecule has 5 heteroatoms. The summed E-state index contributed by atoms with van der Waals surface area (Å²) in [6.45, 7) is 1.54. The first-order valence-corrected chi connectivity index (χ1v) is 7.33. The highest BCUT2D eigenvalue weighted by molar-refractivity contribution is 7.22. The predicted molar refractivity (Wildman–Crippen MR) is 74.2 cm³/mol. The number of benzene rings is 1. The summed E-state index contributed by atoms with van der Waals surface area (Å²) in [6.07, 6.45) is 1.98. The number of carbonyl (C=O) groups excluding carboxylic acids is 1. The molecule has 98 valence electrons. The standard InChI is InChI=1S/C14H14N2O2S/c17-12(9-7-14(9)5-6-18-8-14)16-13-15-10-3-1-2-4-11(10)19-13/h1-4,9H,5-8H2,(H,15,16,17).